The highest BCUT2D eigenvalue weighted by atomic mass is 16.2. The zero-order valence-corrected chi connectivity index (χ0v) is 17.9. The molecular formula is C26H20N4O3. The SMILES string of the molecule is Cn1ccc2c(NC(=O)CN3C(=O)c4ccccc4N4C(=O)c5ccccc5[C@H]34)cccc21. The molecule has 0 bridgehead atoms. The molecule has 7 heteroatoms. The lowest BCUT2D eigenvalue weighted by molar-refractivity contribution is -0.117. The Hall–Kier alpha value is -4.39. The Morgan fingerprint density at radius 3 is 2.48 bits per heavy atom. The van der Waals surface area contributed by atoms with E-state index >= 15 is 0 Å². The number of anilines is 2. The standard InChI is InChI=1S/C26H20N4O3/c1-28-14-13-18-20(10-6-12-21(18)28)27-23(31)15-29-24-16-7-2-3-8-17(16)26(33)30(24)22-11-5-4-9-19(22)25(29)32/h2-14,24H,15H2,1H3,(H,27,31)/t24-/m1/s1. The number of hydrogen-bond donors (Lipinski definition) is 1. The van der Waals surface area contributed by atoms with Crippen LogP contribution in [0.1, 0.15) is 32.4 Å². The van der Waals surface area contributed by atoms with Gasteiger partial charge in [0.2, 0.25) is 5.91 Å². The van der Waals surface area contributed by atoms with Gasteiger partial charge in [0.05, 0.1) is 16.9 Å². The summed E-state index contributed by atoms with van der Waals surface area (Å²) in [4.78, 5) is 43.0. The minimum absolute atomic E-state index is 0.171. The fourth-order valence-corrected chi connectivity index (χ4v) is 4.89. The van der Waals surface area contributed by atoms with Crippen LogP contribution in [-0.4, -0.2) is 33.7 Å². The smallest absolute Gasteiger partial charge is 0.260 e. The van der Waals surface area contributed by atoms with Crippen molar-refractivity contribution in [3.8, 4) is 0 Å². The number of carbonyl (C=O) groups excluding carboxylic acids is 3. The number of aryl methyl sites for hydroxylation is 1. The van der Waals surface area contributed by atoms with Crippen molar-refractivity contribution in [2.45, 2.75) is 6.17 Å². The number of nitrogens with one attached hydrogen (secondary N) is 1. The maximum atomic E-state index is 13.5. The van der Waals surface area contributed by atoms with E-state index in [2.05, 4.69) is 5.32 Å². The van der Waals surface area contributed by atoms with Crippen molar-refractivity contribution in [1.29, 1.82) is 0 Å². The van der Waals surface area contributed by atoms with Crippen LogP contribution in [0, 0.1) is 0 Å². The number of carbonyl (C=O) groups is 3. The molecule has 0 saturated heterocycles. The first kappa shape index (κ1) is 19.3. The first-order valence-electron chi connectivity index (χ1n) is 10.7. The highest BCUT2D eigenvalue weighted by Crippen LogP contribution is 2.45. The summed E-state index contributed by atoms with van der Waals surface area (Å²) in [6.45, 7) is -0.181. The monoisotopic (exact) mass is 436 g/mol. The quantitative estimate of drug-likeness (QED) is 0.529. The number of hydrogen-bond acceptors (Lipinski definition) is 3. The third-order valence-electron chi connectivity index (χ3n) is 6.40. The van der Waals surface area contributed by atoms with Crippen LogP contribution in [0.5, 0.6) is 0 Å². The topological polar surface area (TPSA) is 74.7 Å². The molecule has 7 nitrogen and oxygen atoms in total. The molecule has 3 aromatic carbocycles. The lowest BCUT2D eigenvalue weighted by Gasteiger charge is -2.40. The summed E-state index contributed by atoms with van der Waals surface area (Å²) in [6, 6.07) is 21.9. The fraction of sp³-hybridized carbons (Fsp3) is 0.115. The Balaban J connectivity index is 1.38. The molecular weight excluding hydrogens is 416 g/mol. The number of amides is 3. The van der Waals surface area contributed by atoms with Crippen molar-refractivity contribution >= 4 is 40.0 Å². The summed E-state index contributed by atoms with van der Waals surface area (Å²) in [5, 5.41) is 3.88. The number of nitrogens with zero attached hydrogens (tertiary/aromatic N) is 3. The van der Waals surface area contributed by atoms with Crippen molar-refractivity contribution < 1.29 is 14.4 Å². The molecule has 1 aromatic heterocycles. The first-order chi connectivity index (χ1) is 16.0. The Bertz CT molecular complexity index is 1470. The van der Waals surface area contributed by atoms with Gasteiger partial charge in [-0.3, -0.25) is 19.3 Å². The van der Waals surface area contributed by atoms with Gasteiger partial charge < -0.3 is 14.8 Å². The van der Waals surface area contributed by atoms with Crippen molar-refractivity contribution in [2.75, 3.05) is 16.8 Å². The largest absolute Gasteiger partial charge is 0.350 e. The van der Waals surface area contributed by atoms with Gasteiger partial charge in [0.25, 0.3) is 11.8 Å². The molecule has 3 heterocycles. The summed E-state index contributed by atoms with van der Waals surface area (Å²) < 4.78 is 1.98. The van der Waals surface area contributed by atoms with Crippen LogP contribution in [0.4, 0.5) is 11.4 Å². The lowest BCUT2D eigenvalue weighted by atomic mass is 10.0. The van der Waals surface area contributed by atoms with E-state index in [0.29, 0.717) is 22.5 Å². The van der Waals surface area contributed by atoms with Crippen molar-refractivity contribution in [1.82, 2.24) is 9.47 Å². The third-order valence-corrected chi connectivity index (χ3v) is 6.40. The van der Waals surface area contributed by atoms with Crippen LogP contribution in [0.2, 0.25) is 0 Å². The molecule has 0 fully saturated rings. The maximum Gasteiger partial charge on any atom is 0.260 e. The number of para-hydroxylation sites is 1. The summed E-state index contributed by atoms with van der Waals surface area (Å²) in [7, 11) is 1.95. The van der Waals surface area contributed by atoms with Crippen LogP contribution in [0.25, 0.3) is 10.9 Å². The average molecular weight is 436 g/mol. The van der Waals surface area contributed by atoms with E-state index in [1.807, 2.05) is 60.3 Å². The zero-order valence-electron chi connectivity index (χ0n) is 17.9. The molecule has 162 valence electrons. The highest BCUT2D eigenvalue weighted by molar-refractivity contribution is 6.17. The van der Waals surface area contributed by atoms with E-state index in [0.717, 1.165) is 16.5 Å². The van der Waals surface area contributed by atoms with Crippen molar-refractivity contribution in [2.24, 2.45) is 7.05 Å². The molecule has 2 aliphatic heterocycles. The third kappa shape index (κ3) is 2.79. The molecule has 0 saturated carbocycles. The van der Waals surface area contributed by atoms with Crippen molar-refractivity contribution in [3.63, 3.8) is 0 Å². The number of fused-ring (bicyclic) bond motifs is 6. The van der Waals surface area contributed by atoms with Gasteiger partial charge in [-0.25, -0.2) is 0 Å². The Labute approximate surface area is 189 Å². The molecule has 6 rings (SSSR count). The van der Waals surface area contributed by atoms with Gasteiger partial charge in [0.1, 0.15) is 12.7 Å². The van der Waals surface area contributed by atoms with Gasteiger partial charge >= 0.3 is 0 Å². The van der Waals surface area contributed by atoms with Gasteiger partial charge in [0.15, 0.2) is 0 Å². The molecule has 0 unspecified atom stereocenters. The minimum Gasteiger partial charge on any atom is -0.350 e. The molecule has 1 atom stereocenters. The van der Waals surface area contributed by atoms with Crippen LogP contribution >= 0.6 is 0 Å². The van der Waals surface area contributed by atoms with Crippen LogP contribution < -0.4 is 10.2 Å². The van der Waals surface area contributed by atoms with Gasteiger partial charge in [-0.1, -0.05) is 36.4 Å². The van der Waals surface area contributed by atoms with Crippen LogP contribution in [0.15, 0.2) is 79.0 Å². The number of aromatic nitrogens is 1. The summed E-state index contributed by atoms with van der Waals surface area (Å²) >= 11 is 0. The zero-order chi connectivity index (χ0) is 22.7. The van der Waals surface area contributed by atoms with Gasteiger partial charge in [-0.05, 0) is 36.4 Å². The van der Waals surface area contributed by atoms with E-state index in [-0.39, 0.29) is 24.3 Å². The Kier molecular flexibility index (Phi) is 4.13. The summed E-state index contributed by atoms with van der Waals surface area (Å²) in [5.74, 6) is -0.768. The van der Waals surface area contributed by atoms with Gasteiger partial charge in [-0.15, -0.1) is 0 Å². The second kappa shape index (κ2) is 7.06. The normalized spacial score (nSPS) is 16.6. The van der Waals surface area contributed by atoms with Gasteiger partial charge in [-0.2, -0.15) is 0 Å². The van der Waals surface area contributed by atoms with Crippen LogP contribution in [0.3, 0.4) is 0 Å². The molecule has 4 aromatic rings. The Morgan fingerprint density at radius 2 is 1.64 bits per heavy atom. The Morgan fingerprint density at radius 1 is 0.879 bits per heavy atom. The second-order valence-corrected chi connectivity index (χ2v) is 8.30. The highest BCUT2D eigenvalue weighted by Gasteiger charge is 2.48. The van der Waals surface area contributed by atoms with E-state index < -0.39 is 6.17 Å². The predicted octanol–water partition coefficient (Wildman–Crippen LogP) is 3.93. The maximum absolute atomic E-state index is 13.5. The van der Waals surface area contributed by atoms with E-state index in [1.54, 1.807) is 35.2 Å². The minimum atomic E-state index is -0.658. The van der Waals surface area contributed by atoms with Gasteiger partial charge in [0, 0.05) is 35.3 Å². The first-order valence-corrected chi connectivity index (χ1v) is 10.7. The average Bonchev–Trinajstić information content (AvgIpc) is 3.35. The van der Waals surface area contributed by atoms with E-state index in [9.17, 15) is 14.4 Å². The second-order valence-electron chi connectivity index (χ2n) is 8.30. The van der Waals surface area contributed by atoms with Crippen LogP contribution in [-0.2, 0) is 11.8 Å². The fourth-order valence-electron chi connectivity index (χ4n) is 4.89. The number of rotatable bonds is 3. The molecule has 3 amide bonds. The summed E-state index contributed by atoms with van der Waals surface area (Å²) in [6.07, 6.45) is 1.28. The van der Waals surface area contributed by atoms with E-state index in [1.165, 1.54) is 4.90 Å². The molecule has 0 spiro atoms. The molecule has 0 radical (unpaired) electrons. The van der Waals surface area contributed by atoms with E-state index in [4.69, 9.17) is 0 Å². The molecule has 2 aliphatic rings. The van der Waals surface area contributed by atoms with Crippen molar-refractivity contribution in [3.05, 3.63) is 95.7 Å². The predicted molar refractivity (Wildman–Crippen MR) is 125 cm³/mol. The lowest BCUT2D eigenvalue weighted by Crippen LogP contribution is -2.50. The molecule has 1 N–H and O–H groups in total. The number of benzene rings is 3. The molecule has 0 aliphatic carbocycles. The summed E-state index contributed by atoms with van der Waals surface area (Å²) in [5.41, 5.74) is 3.93. The molecule has 33 heavy (non-hydrogen) atoms.